The highest BCUT2D eigenvalue weighted by atomic mass is 16.5. The van der Waals surface area contributed by atoms with E-state index in [1.165, 1.54) is 11.2 Å². The number of rotatable bonds is 4. The number of ether oxygens (including phenoxy) is 1. The quantitative estimate of drug-likeness (QED) is 0.767. The molecule has 2 fully saturated rings. The van der Waals surface area contributed by atoms with Crippen LogP contribution in [-0.4, -0.2) is 58.9 Å². The van der Waals surface area contributed by atoms with E-state index in [2.05, 4.69) is 0 Å². The van der Waals surface area contributed by atoms with Gasteiger partial charge < -0.3 is 19.0 Å². The maximum atomic E-state index is 12.5. The van der Waals surface area contributed by atoms with Crippen molar-refractivity contribution in [1.29, 1.82) is 0 Å². The normalized spacial score (nSPS) is 26.0. The summed E-state index contributed by atoms with van der Waals surface area (Å²) in [6, 6.07) is 2.88. The van der Waals surface area contributed by atoms with E-state index in [0.29, 0.717) is 13.0 Å². The zero-order chi connectivity index (χ0) is 18.7. The van der Waals surface area contributed by atoms with Gasteiger partial charge in [0.15, 0.2) is 12.4 Å². The summed E-state index contributed by atoms with van der Waals surface area (Å²) in [5.74, 6) is -0.802. The van der Waals surface area contributed by atoms with Crippen LogP contribution in [0.1, 0.15) is 56.5 Å². The van der Waals surface area contributed by atoms with Gasteiger partial charge in [0.05, 0.1) is 6.26 Å². The van der Waals surface area contributed by atoms with Gasteiger partial charge in [0.2, 0.25) is 0 Å². The van der Waals surface area contributed by atoms with Crippen molar-refractivity contribution in [3.63, 3.8) is 0 Å². The molecule has 26 heavy (non-hydrogen) atoms. The minimum atomic E-state index is -0.656. The minimum absolute atomic E-state index is 0.161. The van der Waals surface area contributed by atoms with Gasteiger partial charge in [-0.2, -0.15) is 0 Å². The van der Waals surface area contributed by atoms with Gasteiger partial charge in [0.1, 0.15) is 6.04 Å². The Bertz CT molecular complexity index is 647. The molecule has 2 aliphatic rings. The Morgan fingerprint density at radius 2 is 1.88 bits per heavy atom. The SMILES string of the molecule is CC1CCCC(C)N1C(=O)COC(=O)[C@@H]1CCCN1C(=O)c1ccco1. The van der Waals surface area contributed by atoms with E-state index < -0.39 is 12.0 Å². The van der Waals surface area contributed by atoms with Crippen LogP contribution in [0.2, 0.25) is 0 Å². The van der Waals surface area contributed by atoms with Crippen molar-refractivity contribution in [2.75, 3.05) is 13.2 Å². The van der Waals surface area contributed by atoms with Crippen molar-refractivity contribution in [2.45, 2.75) is 64.1 Å². The summed E-state index contributed by atoms with van der Waals surface area (Å²) in [6.45, 7) is 4.26. The molecule has 0 radical (unpaired) electrons. The first kappa shape index (κ1) is 18.5. The Kier molecular flexibility index (Phi) is 5.64. The van der Waals surface area contributed by atoms with Crippen molar-refractivity contribution in [3.05, 3.63) is 24.2 Å². The molecule has 3 heterocycles. The van der Waals surface area contributed by atoms with Crippen LogP contribution in [0, 0.1) is 0 Å². The van der Waals surface area contributed by atoms with Crippen molar-refractivity contribution in [1.82, 2.24) is 9.80 Å². The third-order valence-electron chi connectivity index (χ3n) is 5.34. The molecule has 1 aromatic heterocycles. The fourth-order valence-electron chi connectivity index (χ4n) is 4.01. The third-order valence-corrected chi connectivity index (χ3v) is 5.34. The molecule has 7 nitrogen and oxygen atoms in total. The maximum Gasteiger partial charge on any atom is 0.329 e. The number of esters is 1. The number of carbonyl (C=O) groups is 3. The topological polar surface area (TPSA) is 80.1 Å². The van der Waals surface area contributed by atoms with Crippen LogP contribution < -0.4 is 0 Å². The van der Waals surface area contributed by atoms with Crippen LogP contribution in [-0.2, 0) is 14.3 Å². The van der Waals surface area contributed by atoms with Crippen molar-refractivity contribution < 1.29 is 23.5 Å². The van der Waals surface area contributed by atoms with E-state index in [4.69, 9.17) is 9.15 Å². The summed E-state index contributed by atoms with van der Waals surface area (Å²) in [5, 5.41) is 0. The molecule has 0 aliphatic carbocycles. The average Bonchev–Trinajstić information content (AvgIpc) is 3.30. The second-order valence-electron chi connectivity index (χ2n) is 7.17. The van der Waals surface area contributed by atoms with Crippen LogP contribution in [0.5, 0.6) is 0 Å². The number of amides is 2. The van der Waals surface area contributed by atoms with Crippen LogP contribution >= 0.6 is 0 Å². The molecule has 0 saturated carbocycles. The lowest BCUT2D eigenvalue weighted by molar-refractivity contribution is -0.157. The fraction of sp³-hybridized carbons (Fsp3) is 0.632. The lowest BCUT2D eigenvalue weighted by Crippen LogP contribution is -2.49. The van der Waals surface area contributed by atoms with Gasteiger partial charge >= 0.3 is 5.97 Å². The second kappa shape index (κ2) is 7.93. The second-order valence-corrected chi connectivity index (χ2v) is 7.17. The number of nitrogens with zero attached hydrogens (tertiary/aromatic N) is 2. The number of carbonyl (C=O) groups excluding carboxylic acids is 3. The molecular formula is C19H26N2O5. The lowest BCUT2D eigenvalue weighted by Gasteiger charge is -2.39. The Morgan fingerprint density at radius 3 is 2.54 bits per heavy atom. The predicted molar refractivity (Wildman–Crippen MR) is 93.3 cm³/mol. The Hall–Kier alpha value is -2.31. The molecule has 3 atom stereocenters. The van der Waals surface area contributed by atoms with Crippen molar-refractivity contribution in [2.24, 2.45) is 0 Å². The summed E-state index contributed by atoms with van der Waals surface area (Å²) < 4.78 is 10.4. The number of piperidine rings is 1. The fourth-order valence-corrected chi connectivity index (χ4v) is 4.01. The highest BCUT2D eigenvalue weighted by molar-refractivity contribution is 5.95. The molecule has 2 amide bonds. The largest absolute Gasteiger partial charge is 0.459 e. The van der Waals surface area contributed by atoms with E-state index in [1.54, 1.807) is 12.1 Å². The van der Waals surface area contributed by atoms with Gasteiger partial charge in [-0.15, -0.1) is 0 Å². The van der Waals surface area contributed by atoms with E-state index >= 15 is 0 Å². The molecule has 2 unspecified atom stereocenters. The van der Waals surface area contributed by atoms with Gasteiger partial charge in [0, 0.05) is 18.6 Å². The standard InChI is InChI=1S/C19H26N2O5/c1-13-6-3-7-14(2)21(13)17(22)12-26-19(24)15-8-4-10-20(15)18(23)16-9-5-11-25-16/h5,9,11,13-15H,3-4,6-8,10,12H2,1-2H3/t13?,14?,15-/m0/s1. The van der Waals surface area contributed by atoms with E-state index in [1.807, 2.05) is 18.7 Å². The molecule has 2 aliphatic heterocycles. The van der Waals surface area contributed by atoms with Gasteiger partial charge in [-0.05, 0) is 58.1 Å². The number of likely N-dealkylation sites (tertiary alicyclic amines) is 2. The summed E-state index contributed by atoms with van der Waals surface area (Å²) in [5.41, 5.74) is 0. The molecule has 3 rings (SSSR count). The predicted octanol–water partition coefficient (Wildman–Crippen LogP) is 2.22. The molecule has 7 heteroatoms. The highest BCUT2D eigenvalue weighted by Crippen LogP contribution is 2.24. The van der Waals surface area contributed by atoms with Gasteiger partial charge in [-0.3, -0.25) is 9.59 Å². The molecule has 0 aromatic carbocycles. The summed E-state index contributed by atoms with van der Waals surface area (Å²) in [7, 11) is 0. The monoisotopic (exact) mass is 362 g/mol. The maximum absolute atomic E-state index is 12.5. The Labute approximate surface area is 153 Å². The molecule has 0 spiro atoms. The zero-order valence-corrected chi connectivity index (χ0v) is 15.3. The molecule has 2 saturated heterocycles. The molecule has 1 aromatic rings. The van der Waals surface area contributed by atoms with E-state index in [-0.39, 0.29) is 36.3 Å². The Balaban J connectivity index is 1.57. The number of hydrogen-bond acceptors (Lipinski definition) is 5. The van der Waals surface area contributed by atoms with E-state index in [9.17, 15) is 14.4 Å². The summed E-state index contributed by atoms with van der Waals surface area (Å²) >= 11 is 0. The van der Waals surface area contributed by atoms with Crippen LogP contribution in [0.25, 0.3) is 0 Å². The molecule has 142 valence electrons. The third kappa shape index (κ3) is 3.76. The van der Waals surface area contributed by atoms with Gasteiger partial charge in [0.25, 0.3) is 11.8 Å². The van der Waals surface area contributed by atoms with Crippen LogP contribution in [0.3, 0.4) is 0 Å². The first-order valence-corrected chi connectivity index (χ1v) is 9.31. The summed E-state index contributed by atoms with van der Waals surface area (Å²) in [4.78, 5) is 40.7. The van der Waals surface area contributed by atoms with Gasteiger partial charge in [-0.25, -0.2) is 4.79 Å². The molecule has 0 N–H and O–H groups in total. The zero-order valence-electron chi connectivity index (χ0n) is 15.3. The first-order valence-electron chi connectivity index (χ1n) is 9.31. The van der Waals surface area contributed by atoms with Crippen molar-refractivity contribution in [3.8, 4) is 0 Å². The van der Waals surface area contributed by atoms with E-state index in [0.717, 1.165) is 25.7 Å². The van der Waals surface area contributed by atoms with Crippen LogP contribution in [0.15, 0.2) is 22.8 Å². The average molecular weight is 362 g/mol. The lowest BCUT2D eigenvalue weighted by atomic mass is 9.97. The van der Waals surface area contributed by atoms with Crippen molar-refractivity contribution >= 4 is 17.8 Å². The number of hydrogen-bond donors (Lipinski definition) is 0. The number of furan rings is 1. The minimum Gasteiger partial charge on any atom is -0.459 e. The highest BCUT2D eigenvalue weighted by Gasteiger charge is 2.37. The van der Waals surface area contributed by atoms with Gasteiger partial charge in [-0.1, -0.05) is 0 Å². The molecule has 0 bridgehead atoms. The molecular weight excluding hydrogens is 336 g/mol. The smallest absolute Gasteiger partial charge is 0.329 e. The summed E-state index contributed by atoms with van der Waals surface area (Å²) in [6.07, 6.45) is 5.74. The van der Waals surface area contributed by atoms with Crippen LogP contribution in [0.4, 0.5) is 0 Å². The first-order chi connectivity index (χ1) is 12.5. The Morgan fingerprint density at radius 1 is 1.15 bits per heavy atom.